The van der Waals surface area contributed by atoms with E-state index in [4.69, 9.17) is 18.6 Å². The summed E-state index contributed by atoms with van der Waals surface area (Å²) in [5.74, 6) is -3.76. The zero-order valence-electron chi connectivity index (χ0n) is 20.5. The van der Waals surface area contributed by atoms with Crippen LogP contribution < -0.4 is 10.2 Å². The maximum atomic E-state index is 13.6. The highest BCUT2D eigenvalue weighted by Crippen LogP contribution is 2.39. The lowest BCUT2D eigenvalue weighted by Gasteiger charge is -2.40. The van der Waals surface area contributed by atoms with Gasteiger partial charge in [-0.25, -0.2) is 4.79 Å². The van der Waals surface area contributed by atoms with Crippen molar-refractivity contribution in [2.24, 2.45) is 0 Å². The first-order valence-corrected chi connectivity index (χ1v) is 11.5. The monoisotopic (exact) mass is 530 g/mol. The maximum Gasteiger partial charge on any atom is 0.333 e. The van der Waals surface area contributed by atoms with Crippen LogP contribution in [0.1, 0.15) is 20.8 Å². The molecule has 1 fully saturated rings. The van der Waals surface area contributed by atoms with Gasteiger partial charge in [-0.1, -0.05) is 6.08 Å². The van der Waals surface area contributed by atoms with Crippen LogP contribution in [-0.4, -0.2) is 67.3 Å². The first-order valence-electron chi connectivity index (χ1n) is 11.5. The predicted molar refractivity (Wildman–Crippen MR) is 131 cm³/mol. The van der Waals surface area contributed by atoms with Gasteiger partial charge >= 0.3 is 5.97 Å². The lowest BCUT2D eigenvalue weighted by Crippen LogP contribution is -2.60. The topological polar surface area (TPSA) is 196 Å². The van der Waals surface area contributed by atoms with E-state index >= 15 is 0 Å². The molecule has 12 heteroatoms. The van der Waals surface area contributed by atoms with E-state index < -0.39 is 70.9 Å². The zero-order chi connectivity index (χ0) is 27.9. The van der Waals surface area contributed by atoms with E-state index in [9.17, 15) is 40.2 Å². The minimum absolute atomic E-state index is 0.0416. The third-order valence-electron chi connectivity index (χ3n) is 6.17. The molecule has 1 aliphatic rings. The van der Waals surface area contributed by atoms with Crippen molar-refractivity contribution in [1.29, 1.82) is 0 Å². The van der Waals surface area contributed by atoms with Crippen LogP contribution in [0.3, 0.4) is 0 Å². The fourth-order valence-corrected chi connectivity index (χ4v) is 3.90. The highest BCUT2D eigenvalue weighted by Gasteiger charge is 2.47. The van der Waals surface area contributed by atoms with Crippen molar-refractivity contribution in [3.05, 3.63) is 52.2 Å². The third kappa shape index (κ3) is 4.84. The predicted octanol–water partition coefficient (Wildman–Crippen LogP) is 2.01. The summed E-state index contributed by atoms with van der Waals surface area (Å²) in [7, 11) is 0. The third-order valence-corrected chi connectivity index (χ3v) is 6.17. The van der Waals surface area contributed by atoms with Crippen LogP contribution >= 0.6 is 0 Å². The van der Waals surface area contributed by atoms with Crippen molar-refractivity contribution in [3.63, 3.8) is 0 Å². The first-order chi connectivity index (χ1) is 17.9. The SMILES string of the molecule is CC=C(C)C(=O)O[C@H]1[C@H](Oc2c(-c3ccc(O)c(O)c3)oc3cc(O)cc(O)c3c2=O)O[C@@H](C)[C@H](O)[C@H]1O. The van der Waals surface area contributed by atoms with Gasteiger partial charge in [-0.05, 0) is 39.0 Å². The number of aliphatic hydroxyl groups is 2. The summed E-state index contributed by atoms with van der Waals surface area (Å²) < 4.78 is 22.6. The molecule has 0 bridgehead atoms. The average molecular weight is 530 g/mol. The number of fused-ring (bicyclic) bond motifs is 1. The van der Waals surface area contributed by atoms with Crippen LogP contribution in [0.5, 0.6) is 28.7 Å². The molecule has 0 aliphatic carbocycles. The number of aromatic hydroxyl groups is 4. The van der Waals surface area contributed by atoms with Crippen LogP contribution in [0.15, 0.2) is 51.2 Å². The molecule has 1 aromatic heterocycles. The molecule has 2 aromatic carbocycles. The summed E-state index contributed by atoms with van der Waals surface area (Å²) in [6, 6.07) is 5.49. The average Bonchev–Trinajstić information content (AvgIpc) is 2.86. The number of hydrogen-bond acceptors (Lipinski definition) is 12. The van der Waals surface area contributed by atoms with E-state index in [1.165, 1.54) is 26.0 Å². The van der Waals surface area contributed by atoms with Crippen molar-refractivity contribution in [2.75, 3.05) is 0 Å². The Balaban J connectivity index is 1.89. The Labute approximate surface area is 215 Å². The molecular weight excluding hydrogens is 504 g/mol. The Hall–Kier alpha value is -4.26. The van der Waals surface area contributed by atoms with Gasteiger partial charge in [-0.3, -0.25) is 4.79 Å². The molecular formula is C26H26O12. The van der Waals surface area contributed by atoms with Gasteiger partial charge in [0.05, 0.1) is 6.10 Å². The summed E-state index contributed by atoms with van der Waals surface area (Å²) in [5.41, 5.74) is -0.931. The van der Waals surface area contributed by atoms with Gasteiger partial charge in [0, 0.05) is 23.3 Å². The number of rotatable bonds is 5. The number of ether oxygens (including phenoxy) is 3. The number of hydrogen-bond donors (Lipinski definition) is 6. The number of esters is 1. The van der Waals surface area contributed by atoms with E-state index in [0.717, 1.165) is 24.3 Å². The smallest absolute Gasteiger partial charge is 0.333 e. The highest BCUT2D eigenvalue weighted by molar-refractivity contribution is 5.89. The number of benzene rings is 2. The number of aliphatic hydroxyl groups excluding tert-OH is 2. The molecule has 0 spiro atoms. The van der Waals surface area contributed by atoms with E-state index in [-0.39, 0.29) is 27.9 Å². The molecule has 6 N–H and O–H groups in total. The molecule has 12 nitrogen and oxygen atoms in total. The van der Waals surface area contributed by atoms with Gasteiger partial charge in [-0.15, -0.1) is 0 Å². The summed E-state index contributed by atoms with van der Waals surface area (Å²) >= 11 is 0. The number of phenols is 4. The standard InChI is InChI=1S/C26H26O12/c1-4-10(2)25(34)37-24-21(33)19(31)11(3)35-26(24)38-23-20(32)18-16(30)8-13(27)9-17(18)36-22(23)12-5-6-14(28)15(29)7-12/h4-9,11,19,21,24,26-31,33H,1-3H3/t11-,19-,21+,24+,26-/m0/s1. The molecule has 4 rings (SSSR count). The van der Waals surface area contributed by atoms with Gasteiger partial charge in [0.15, 0.2) is 23.4 Å². The Morgan fingerprint density at radius 2 is 1.71 bits per heavy atom. The van der Waals surface area contributed by atoms with Crippen LogP contribution in [0, 0.1) is 0 Å². The summed E-state index contributed by atoms with van der Waals surface area (Å²) in [6.45, 7) is 4.49. The normalized spacial score (nSPS) is 23.8. The highest BCUT2D eigenvalue weighted by atomic mass is 16.7. The summed E-state index contributed by atoms with van der Waals surface area (Å²) in [5, 5.41) is 60.6. The molecule has 1 saturated heterocycles. The second kappa shape index (κ2) is 10.2. The zero-order valence-corrected chi connectivity index (χ0v) is 20.5. The lowest BCUT2D eigenvalue weighted by atomic mass is 9.99. The second-order valence-corrected chi connectivity index (χ2v) is 8.78. The minimum Gasteiger partial charge on any atom is -0.508 e. The molecule has 2 heterocycles. The Morgan fingerprint density at radius 1 is 1.00 bits per heavy atom. The fourth-order valence-electron chi connectivity index (χ4n) is 3.90. The summed E-state index contributed by atoms with van der Waals surface area (Å²) in [6.07, 6.45) is -5.93. The molecule has 3 aromatic rings. The molecule has 202 valence electrons. The van der Waals surface area contributed by atoms with Gasteiger partial charge in [0.1, 0.15) is 34.7 Å². The van der Waals surface area contributed by atoms with Crippen molar-refractivity contribution < 1.29 is 54.1 Å². The van der Waals surface area contributed by atoms with Crippen LogP contribution in [0.4, 0.5) is 0 Å². The second-order valence-electron chi connectivity index (χ2n) is 8.78. The van der Waals surface area contributed by atoms with Crippen LogP contribution in [0.2, 0.25) is 0 Å². The Kier molecular flexibility index (Phi) is 7.22. The largest absolute Gasteiger partial charge is 0.508 e. The van der Waals surface area contributed by atoms with E-state index in [0.29, 0.717) is 0 Å². The van der Waals surface area contributed by atoms with Crippen LogP contribution in [0.25, 0.3) is 22.3 Å². The van der Waals surface area contributed by atoms with Crippen molar-refractivity contribution >= 4 is 16.9 Å². The quantitative estimate of drug-likeness (QED) is 0.160. The van der Waals surface area contributed by atoms with Gasteiger partial charge in [0.25, 0.3) is 0 Å². The minimum atomic E-state index is -1.67. The maximum absolute atomic E-state index is 13.6. The molecule has 0 amide bonds. The summed E-state index contributed by atoms with van der Waals surface area (Å²) in [4.78, 5) is 26.0. The molecule has 5 atom stereocenters. The molecule has 0 unspecified atom stereocenters. The molecule has 1 aliphatic heterocycles. The van der Waals surface area contributed by atoms with Gasteiger partial charge in [0.2, 0.25) is 17.5 Å². The molecule has 38 heavy (non-hydrogen) atoms. The molecule has 0 radical (unpaired) electrons. The Morgan fingerprint density at radius 3 is 2.37 bits per heavy atom. The van der Waals surface area contributed by atoms with Crippen molar-refractivity contribution in [3.8, 4) is 40.1 Å². The van der Waals surface area contributed by atoms with E-state index in [1.54, 1.807) is 6.92 Å². The molecule has 0 saturated carbocycles. The number of phenolic OH excluding ortho intramolecular Hbond substituents is 4. The van der Waals surface area contributed by atoms with Crippen molar-refractivity contribution in [1.82, 2.24) is 0 Å². The fraction of sp³-hybridized carbons (Fsp3) is 0.308. The number of carbonyl (C=O) groups excluding carboxylic acids is 1. The first kappa shape index (κ1) is 26.8. The number of allylic oxidation sites excluding steroid dienone is 1. The Bertz CT molecular complexity index is 1470. The van der Waals surface area contributed by atoms with Gasteiger partial charge < -0.3 is 49.3 Å². The van der Waals surface area contributed by atoms with Gasteiger partial charge in [-0.2, -0.15) is 0 Å². The van der Waals surface area contributed by atoms with Crippen molar-refractivity contribution in [2.45, 2.75) is 51.5 Å². The van der Waals surface area contributed by atoms with E-state index in [2.05, 4.69) is 0 Å². The number of carbonyl (C=O) groups is 1. The van der Waals surface area contributed by atoms with Crippen LogP contribution in [-0.2, 0) is 14.3 Å². The van der Waals surface area contributed by atoms with E-state index in [1.807, 2.05) is 0 Å². The lowest BCUT2D eigenvalue weighted by molar-refractivity contribution is -0.273.